The predicted molar refractivity (Wildman–Crippen MR) is 101 cm³/mol. The van der Waals surface area contributed by atoms with E-state index in [1.54, 1.807) is 31.2 Å². The molecule has 144 valence electrons. The lowest BCUT2D eigenvalue weighted by Gasteiger charge is -2.57. The summed E-state index contributed by atoms with van der Waals surface area (Å²) in [4.78, 5) is 24.7. The minimum Gasteiger partial charge on any atom is -0.378 e. The third kappa shape index (κ3) is 3.75. The highest BCUT2D eigenvalue weighted by atomic mass is 16.5. The monoisotopic (exact) mass is 363 g/mol. The molecular weight excluding hydrogens is 334 g/mol. The van der Waals surface area contributed by atoms with E-state index in [1.807, 2.05) is 20.8 Å². The van der Waals surface area contributed by atoms with Crippen molar-refractivity contribution in [3.63, 3.8) is 0 Å². The number of ether oxygens (including phenoxy) is 2. The molecule has 1 aliphatic carbocycles. The van der Waals surface area contributed by atoms with Gasteiger partial charge in [-0.2, -0.15) is 0 Å². The SMILES string of the molecule is CCOC1CC(N)(C(=O)Nc2cccc(NC(=O)C(C)OC)c2)C1(C)C. The molecule has 0 saturated heterocycles. The van der Waals surface area contributed by atoms with E-state index in [2.05, 4.69) is 10.6 Å². The van der Waals surface area contributed by atoms with Gasteiger partial charge in [0.2, 0.25) is 5.91 Å². The Kier molecular flexibility index (Phi) is 6.05. The third-order valence-corrected chi connectivity index (χ3v) is 5.35. The summed E-state index contributed by atoms with van der Waals surface area (Å²) in [5.41, 5.74) is 6.06. The summed E-state index contributed by atoms with van der Waals surface area (Å²) in [7, 11) is 1.47. The van der Waals surface area contributed by atoms with Gasteiger partial charge < -0.3 is 25.8 Å². The number of nitrogens with two attached hydrogens (primary N) is 1. The molecule has 0 aromatic heterocycles. The number of methoxy groups -OCH3 is 1. The van der Waals surface area contributed by atoms with Crippen molar-refractivity contribution in [1.29, 1.82) is 0 Å². The molecule has 0 heterocycles. The maximum absolute atomic E-state index is 12.8. The van der Waals surface area contributed by atoms with Crippen LogP contribution in [0, 0.1) is 5.41 Å². The van der Waals surface area contributed by atoms with E-state index < -0.39 is 17.1 Å². The van der Waals surface area contributed by atoms with Gasteiger partial charge in [0.25, 0.3) is 5.91 Å². The second-order valence-corrected chi connectivity index (χ2v) is 7.24. The molecule has 2 amide bonds. The largest absolute Gasteiger partial charge is 0.378 e. The molecule has 2 rings (SSSR count). The van der Waals surface area contributed by atoms with Crippen LogP contribution in [-0.4, -0.2) is 43.3 Å². The summed E-state index contributed by atoms with van der Waals surface area (Å²) >= 11 is 0. The molecule has 26 heavy (non-hydrogen) atoms. The molecule has 1 aromatic carbocycles. The van der Waals surface area contributed by atoms with Gasteiger partial charge in [0, 0.05) is 36.9 Å². The summed E-state index contributed by atoms with van der Waals surface area (Å²) in [6.07, 6.45) is -0.127. The van der Waals surface area contributed by atoms with Crippen molar-refractivity contribution in [1.82, 2.24) is 0 Å². The number of carbonyl (C=O) groups excluding carboxylic acids is 2. The second-order valence-electron chi connectivity index (χ2n) is 7.24. The standard InChI is InChI=1S/C19H29N3O4/c1-6-26-15-11-19(20,18(15,3)4)17(24)22-14-9-7-8-13(10-14)21-16(23)12(2)25-5/h7-10,12,15H,6,11,20H2,1-5H3,(H,21,23)(H,22,24). The second kappa shape index (κ2) is 7.73. The number of amides is 2. The molecule has 1 aliphatic rings. The van der Waals surface area contributed by atoms with Crippen LogP contribution in [0.2, 0.25) is 0 Å². The Morgan fingerprint density at radius 1 is 1.31 bits per heavy atom. The fourth-order valence-corrected chi connectivity index (χ4v) is 3.09. The number of hydrogen-bond donors (Lipinski definition) is 3. The van der Waals surface area contributed by atoms with Crippen LogP contribution in [0.25, 0.3) is 0 Å². The summed E-state index contributed by atoms with van der Waals surface area (Å²) in [5, 5.41) is 5.60. The molecule has 0 bridgehead atoms. The molecule has 3 atom stereocenters. The Bertz CT molecular complexity index is 677. The predicted octanol–water partition coefficient (Wildman–Crippen LogP) is 2.13. The smallest absolute Gasteiger partial charge is 0.253 e. The number of hydrogen-bond acceptors (Lipinski definition) is 5. The topological polar surface area (TPSA) is 103 Å². The van der Waals surface area contributed by atoms with Gasteiger partial charge in [-0.25, -0.2) is 0 Å². The zero-order valence-electron chi connectivity index (χ0n) is 16.1. The minimum absolute atomic E-state index is 0.0376. The fourth-order valence-electron chi connectivity index (χ4n) is 3.09. The molecule has 4 N–H and O–H groups in total. The van der Waals surface area contributed by atoms with Crippen molar-refractivity contribution in [3.05, 3.63) is 24.3 Å². The Labute approximate surface area is 154 Å². The van der Waals surface area contributed by atoms with Gasteiger partial charge in [-0.1, -0.05) is 19.9 Å². The van der Waals surface area contributed by atoms with Crippen LogP contribution in [0.3, 0.4) is 0 Å². The van der Waals surface area contributed by atoms with Crippen LogP contribution in [0.15, 0.2) is 24.3 Å². The Morgan fingerprint density at radius 3 is 2.46 bits per heavy atom. The van der Waals surface area contributed by atoms with Gasteiger partial charge in [0.05, 0.1) is 6.10 Å². The van der Waals surface area contributed by atoms with Gasteiger partial charge in [-0.15, -0.1) is 0 Å². The maximum atomic E-state index is 12.8. The molecule has 0 aliphatic heterocycles. The maximum Gasteiger partial charge on any atom is 0.253 e. The molecule has 7 nitrogen and oxygen atoms in total. The van der Waals surface area contributed by atoms with E-state index in [9.17, 15) is 9.59 Å². The lowest BCUT2D eigenvalue weighted by Crippen LogP contribution is -2.74. The van der Waals surface area contributed by atoms with Crippen LogP contribution in [0.1, 0.15) is 34.1 Å². The molecule has 1 saturated carbocycles. The highest BCUT2D eigenvalue weighted by Crippen LogP contribution is 2.50. The van der Waals surface area contributed by atoms with Crippen LogP contribution < -0.4 is 16.4 Å². The summed E-state index contributed by atoms with van der Waals surface area (Å²) in [6.45, 7) is 8.06. The van der Waals surface area contributed by atoms with Crippen molar-refractivity contribution in [2.45, 2.75) is 51.9 Å². The van der Waals surface area contributed by atoms with E-state index >= 15 is 0 Å². The van der Waals surface area contributed by atoms with Crippen LogP contribution in [0.5, 0.6) is 0 Å². The van der Waals surface area contributed by atoms with Gasteiger partial charge in [-0.3, -0.25) is 9.59 Å². The summed E-state index contributed by atoms with van der Waals surface area (Å²) < 4.78 is 10.7. The molecule has 0 radical (unpaired) electrons. The molecule has 0 spiro atoms. The van der Waals surface area contributed by atoms with Crippen LogP contribution in [0.4, 0.5) is 11.4 Å². The average molecular weight is 363 g/mol. The molecule has 7 heteroatoms. The van der Waals surface area contributed by atoms with E-state index in [4.69, 9.17) is 15.2 Å². The van der Waals surface area contributed by atoms with Crippen LogP contribution in [-0.2, 0) is 19.1 Å². The van der Waals surface area contributed by atoms with Gasteiger partial charge >= 0.3 is 0 Å². The van der Waals surface area contributed by atoms with Crippen molar-refractivity contribution in [2.24, 2.45) is 11.1 Å². The van der Waals surface area contributed by atoms with Crippen molar-refractivity contribution >= 4 is 23.2 Å². The van der Waals surface area contributed by atoms with Crippen LogP contribution >= 0.6 is 0 Å². The number of nitrogens with one attached hydrogen (secondary N) is 2. The van der Waals surface area contributed by atoms with Gasteiger partial charge in [0.15, 0.2) is 0 Å². The summed E-state index contributed by atoms with van der Waals surface area (Å²) in [6, 6.07) is 6.93. The number of rotatable bonds is 7. The lowest BCUT2D eigenvalue weighted by molar-refractivity contribution is -0.166. The van der Waals surface area contributed by atoms with Crippen molar-refractivity contribution in [3.8, 4) is 0 Å². The van der Waals surface area contributed by atoms with E-state index in [-0.39, 0.29) is 17.9 Å². The quantitative estimate of drug-likeness (QED) is 0.689. The third-order valence-electron chi connectivity index (χ3n) is 5.35. The average Bonchev–Trinajstić information content (AvgIpc) is 2.60. The molecule has 1 fully saturated rings. The van der Waals surface area contributed by atoms with Crippen molar-refractivity contribution < 1.29 is 19.1 Å². The van der Waals surface area contributed by atoms with Crippen molar-refractivity contribution in [2.75, 3.05) is 24.4 Å². The van der Waals surface area contributed by atoms with E-state index in [0.717, 1.165) is 0 Å². The number of carbonyl (C=O) groups is 2. The van der Waals surface area contributed by atoms with E-state index in [0.29, 0.717) is 24.4 Å². The fraction of sp³-hybridized carbons (Fsp3) is 0.579. The summed E-state index contributed by atoms with van der Waals surface area (Å²) in [5.74, 6) is -0.516. The van der Waals surface area contributed by atoms with Gasteiger partial charge in [-0.05, 0) is 32.0 Å². The Hall–Kier alpha value is -1.96. The first kappa shape index (κ1) is 20.4. The first-order valence-electron chi connectivity index (χ1n) is 8.81. The first-order chi connectivity index (χ1) is 12.2. The normalized spacial score (nSPS) is 25.1. The molecule has 3 unspecified atom stereocenters. The highest BCUT2D eigenvalue weighted by molar-refractivity contribution is 6.00. The Balaban J connectivity index is 2.06. The number of benzene rings is 1. The first-order valence-corrected chi connectivity index (χ1v) is 8.81. The van der Waals surface area contributed by atoms with E-state index in [1.165, 1.54) is 7.11 Å². The lowest BCUT2D eigenvalue weighted by atomic mass is 9.54. The zero-order chi connectivity index (χ0) is 19.5. The Morgan fingerprint density at radius 2 is 1.92 bits per heavy atom. The molecular formula is C19H29N3O4. The molecule has 1 aromatic rings. The number of anilines is 2. The highest BCUT2D eigenvalue weighted by Gasteiger charge is 2.62. The zero-order valence-corrected chi connectivity index (χ0v) is 16.1. The van der Waals surface area contributed by atoms with Gasteiger partial charge in [0.1, 0.15) is 11.6 Å². The minimum atomic E-state index is -1.00.